The van der Waals surface area contributed by atoms with Gasteiger partial charge in [0.25, 0.3) is 0 Å². The Hall–Kier alpha value is -0.750. The van der Waals surface area contributed by atoms with Gasteiger partial charge in [0.2, 0.25) is 0 Å². The minimum Gasteiger partial charge on any atom is -0.329 e. The Morgan fingerprint density at radius 2 is 2.39 bits per heavy atom. The molecule has 2 aromatic heterocycles. The van der Waals surface area contributed by atoms with E-state index in [9.17, 15) is 0 Å². The molecule has 0 saturated carbocycles. The van der Waals surface area contributed by atoms with Crippen LogP contribution in [-0.4, -0.2) is 23.5 Å². The number of pyridine rings is 1. The van der Waals surface area contributed by atoms with Gasteiger partial charge in [0.1, 0.15) is 0 Å². The molecule has 0 saturated heterocycles. The lowest BCUT2D eigenvalue weighted by atomic mass is 10.2. The van der Waals surface area contributed by atoms with Crippen molar-refractivity contribution in [3.05, 3.63) is 50.9 Å². The third-order valence-corrected chi connectivity index (χ3v) is 4.62. The Kier molecular flexibility index (Phi) is 4.88. The summed E-state index contributed by atoms with van der Waals surface area (Å²) in [6.45, 7) is 1.47. The molecule has 0 bridgehead atoms. The van der Waals surface area contributed by atoms with E-state index in [1.54, 1.807) is 17.5 Å². The fourth-order valence-corrected chi connectivity index (χ4v) is 3.53. The first kappa shape index (κ1) is 13.7. The number of rotatable bonds is 5. The zero-order valence-corrected chi connectivity index (χ0v) is 12.6. The maximum atomic E-state index is 5.90. The van der Waals surface area contributed by atoms with Crippen molar-refractivity contribution in [1.82, 2.24) is 9.88 Å². The second-order valence-corrected chi connectivity index (χ2v) is 6.05. The van der Waals surface area contributed by atoms with E-state index in [2.05, 4.69) is 50.4 Å². The standard InChI is InChI=1S/C13H16BrN3S/c1-17(8-10-3-2-4-16-7-10)12(6-15)13-5-11(14)9-18-13/h2-5,7,9,12H,6,8,15H2,1H3. The molecule has 96 valence electrons. The number of hydrogen-bond acceptors (Lipinski definition) is 4. The topological polar surface area (TPSA) is 42.2 Å². The number of hydrogen-bond donors (Lipinski definition) is 1. The SMILES string of the molecule is CN(Cc1cccnc1)C(CN)c1cc(Br)cs1. The highest BCUT2D eigenvalue weighted by molar-refractivity contribution is 9.10. The second-order valence-electron chi connectivity index (χ2n) is 4.20. The van der Waals surface area contributed by atoms with Crippen LogP contribution in [0.1, 0.15) is 16.5 Å². The summed E-state index contributed by atoms with van der Waals surface area (Å²) < 4.78 is 1.12. The van der Waals surface area contributed by atoms with Gasteiger partial charge in [0, 0.05) is 40.2 Å². The first-order valence-corrected chi connectivity index (χ1v) is 7.41. The lowest BCUT2D eigenvalue weighted by Crippen LogP contribution is -2.29. The molecule has 0 fully saturated rings. The van der Waals surface area contributed by atoms with Crippen LogP contribution in [0.25, 0.3) is 0 Å². The number of nitrogens with two attached hydrogens (primary N) is 1. The Balaban J connectivity index is 2.08. The van der Waals surface area contributed by atoms with Crippen LogP contribution in [0.3, 0.4) is 0 Å². The van der Waals surface area contributed by atoms with Gasteiger partial charge in [-0.3, -0.25) is 9.88 Å². The lowest BCUT2D eigenvalue weighted by molar-refractivity contribution is 0.245. The molecule has 0 aliphatic rings. The van der Waals surface area contributed by atoms with Crippen molar-refractivity contribution in [3.8, 4) is 0 Å². The van der Waals surface area contributed by atoms with Gasteiger partial charge in [0.05, 0.1) is 6.04 Å². The van der Waals surface area contributed by atoms with Crippen LogP contribution in [0.2, 0.25) is 0 Å². The van der Waals surface area contributed by atoms with E-state index in [0.29, 0.717) is 6.54 Å². The highest BCUT2D eigenvalue weighted by Crippen LogP contribution is 2.28. The van der Waals surface area contributed by atoms with Gasteiger partial charge in [-0.2, -0.15) is 0 Å². The molecule has 0 spiro atoms. The molecule has 5 heteroatoms. The van der Waals surface area contributed by atoms with Crippen LogP contribution in [0.4, 0.5) is 0 Å². The third kappa shape index (κ3) is 3.38. The summed E-state index contributed by atoms with van der Waals surface area (Å²) in [5.41, 5.74) is 7.11. The van der Waals surface area contributed by atoms with E-state index in [1.165, 1.54) is 10.4 Å². The summed E-state index contributed by atoms with van der Waals surface area (Å²) in [5.74, 6) is 0. The van der Waals surface area contributed by atoms with Gasteiger partial charge >= 0.3 is 0 Å². The highest BCUT2D eigenvalue weighted by Gasteiger charge is 2.17. The summed E-state index contributed by atoms with van der Waals surface area (Å²) >= 11 is 5.22. The van der Waals surface area contributed by atoms with Gasteiger partial charge in [-0.25, -0.2) is 0 Å². The van der Waals surface area contributed by atoms with Gasteiger partial charge in [-0.1, -0.05) is 6.07 Å². The number of thiophene rings is 1. The van der Waals surface area contributed by atoms with Crippen molar-refractivity contribution in [2.75, 3.05) is 13.6 Å². The number of halogens is 1. The number of aromatic nitrogens is 1. The number of likely N-dealkylation sites (N-methyl/N-ethyl adjacent to an activating group) is 1. The molecule has 3 nitrogen and oxygen atoms in total. The molecule has 0 aliphatic carbocycles. The monoisotopic (exact) mass is 325 g/mol. The number of nitrogens with zero attached hydrogens (tertiary/aromatic N) is 2. The Labute approximate surface area is 120 Å². The zero-order chi connectivity index (χ0) is 13.0. The first-order chi connectivity index (χ1) is 8.70. The van der Waals surface area contributed by atoms with Crippen LogP contribution in [0.15, 0.2) is 40.4 Å². The van der Waals surface area contributed by atoms with E-state index >= 15 is 0 Å². The zero-order valence-electron chi connectivity index (χ0n) is 10.2. The van der Waals surface area contributed by atoms with Crippen molar-refractivity contribution < 1.29 is 0 Å². The molecule has 2 rings (SSSR count). The second kappa shape index (κ2) is 6.43. The Morgan fingerprint density at radius 1 is 1.56 bits per heavy atom. The molecule has 0 amide bonds. The lowest BCUT2D eigenvalue weighted by Gasteiger charge is -2.26. The van der Waals surface area contributed by atoms with Crippen LogP contribution >= 0.6 is 27.3 Å². The van der Waals surface area contributed by atoms with E-state index in [-0.39, 0.29) is 6.04 Å². The highest BCUT2D eigenvalue weighted by atomic mass is 79.9. The molecule has 2 aromatic rings. The minimum atomic E-state index is 0.251. The van der Waals surface area contributed by atoms with Crippen molar-refractivity contribution in [2.45, 2.75) is 12.6 Å². The predicted molar refractivity (Wildman–Crippen MR) is 79.5 cm³/mol. The average Bonchev–Trinajstić information content (AvgIpc) is 2.78. The van der Waals surface area contributed by atoms with Gasteiger partial charge < -0.3 is 5.73 Å². The van der Waals surface area contributed by atoms with E-state index in [1.807, 2.05) is 12.3 Å². The van der Waals surface area contributed by atoms with Crippen molar-refractivity contribution in [1.29, 1.82) is 0 Å². The summed E-state index contributed by atoms with van der Waals surface area (Å²) in [7, 11) is 2.10. The minimum absolute atomic E-state index is 0.251. The quantitative estimate of drug-likeness (QED) is 0.918. The molecule has 1 unspecified atom stereocenters. The fraction of sp³-hybridized carbons (Fsp3) is 0.308. The molecular formula is C13H16BrN3S. The smallest absolute Gasteiger partial charge is 0.0565 e. The summed E-state index contributed by atoms with van der Waals surface area (Å²) in [4.78, 5) is 7.68. The maximum absolute atomic E-state index is 5.90. The molecule has 18 heavy (non-hydrogen) atoms. The molecule has 0 radical (unpaired) electrons. The first-order valence-electron chi connectivity index (χ1n) is 5.74. The van der Waals surface area contributed by atoms with Crippen LogP contribution in [0.5, 0.6) is 0 Å². The normalized spacial score (nSPS) is 12.9. The van der Waals surface area contributed by atoms with E-state index < -0.39 is 0 Å². The van der Waals surface area contributed by atoms with Crippen molar-refractivity contribution >= 4 is 27.3 Å². The Morgan fingerprint density at radius 3 is 2.94 bits per heavy atom. The van der Waals surface area contributed by atoms with Gasteiger partial charge in [-0.15, -0.1) is 11.3 Å². The summed E-state index contributed by atoms with van der Waals surface area (Å²) in [5, 5.41) is 2.09. The van der Waals surface area contributed by atoms with Crippen LogP contribution < -0.4 is 5.73 Å². The fourth-order valence-electron chi connectivity index (χ4n) is 1.91. The summed E-state index contributed by atoms with van der Waals surface area (Å²) in [6.07, 6.45) is 3.69. The van der Waals surface area contributed by atoms with Crippen LogP contribution in [-0.2, 0) is 6.54 Å². The van der Waals surface area contributed by atoms with Crippen LogP contribution in [0, 0.1) is 0 Å². The molecule has 0 aliphatic heterocycles. The van der Waals surface area contributed by atoms with E-state index in [4.69, 9.17) is 5.73 Å². The molecule has 2 heterocycles. The summed E-state index contributed by atoms with van der Waals surface area (Å²) in [6, 6.07) is 6.44. The Bertz CT molecular complexity index is 486. The van der Waals surface area contributed by atoms with E-state index in [0.717, 1.165) is 11.0 Å². The third-order valence-electron chi connectivity index (χ3n) is 2.83. The largest absolute Gasteiger partial charge is 0.329 e. The molecule has 1 atom stereocenters. The predicted octanol–water partition coefficient (Wildman–Crippen LogP) is 3.04. The molecule has 0 aromatic carbocycles. The molecular weight excluding hydrogens is 310 g/mol. The maximum Gasteiger partial charge on any atom is 0.0565 e. The van der Waals surface area contributed by atoms with Crippen molar-refractivity contribution in [2.24, 2.45) is 5.73 Å². The van der Waals surface area contributed by atoms with Crippen molar-refractivity contribution in [3.63, 3.8) is 0 Å². The van der Waals surface area contributed by atoms with Gasteiger partial charge in [0.15, 0.2) is 0 Å². The average molecular weight is 326 g/mol. The van der Waals surface area contributed by atoms with Gasteiger partial charge in [-0.05, 0) is 40.7 Å². The molecule has 2 N–H and O–H groups in total.